The first-order chi connectivity index (χ1) is 11.6. The van der Waals surface area contributed by atoms with E-state index < -0.39 is 0 Å². The molecular formula is C21H21FN2. The fraction of sp³-hybridized carbons (Fsp3) is 0.286. The van der Waals surface area contributed by atoms with Gasteiger partial charge in [-0.15, -0.1) is 0 Å². The van der Waals surface area contributed by atoms with E-state index in [1.54, 1.807) is 12.1 Å². The predicted octanol–water partition coefficient (Wildman–Crippen LogP) is 5.74. The van der Waals surface area contributed by atoms with Crippen LogP contribution in [-0.4, -0.2) is 9.38 Å². The highest BCUT2D eigenvalue weighted by Gasteiger charge is 2.16. The van der Waals surface area contributed by atoms with Gasteiger partial charge in [0.05, 0.1) is 11.2 Å². The van der Waals surface area contributed by atoms with E-state index in [0.717, 1.165) is 52.3 Å². The van der Waals surface area contributed by atoms with Crippen LogP contribution < -0.4 is 0 Å². The standard InChI is InChI=1S/C21H21FN2/c1-4-5-6-19-14(3)23-21-17-9-7-13(2)11-18(17)16-10-8-15(22)12-20(16)24(19)21/h7-12H,4-6H2,1-3H3. The number of pyridine rings is 1. The SMILES string of the molecule is CCCCc1c(C)nc2c3ccc(C)cc3c3ccc(F)cc3n12. The third kappa shape index (κ3) is 2.19. The zero-order valence-corrected chi connectivity index (χ0v) is 14.4. The summed E-state index contributed by atoms with van der Waals surface area (Å²) >= 11 is 0. The molecule has 3 heteroatoms. The number of imidazole rings is 1. The van der Waals surface area contributed by atoms with Crippen molar-refractivity contribution in [3.8, 4) is 0 Å². The molecule has 4 aromatic rings. The van der Waals surface area contributed by atoms with E-state index in [2.05, 4.69) is 43.4 Å². The molecule has 122 valence electrons. The lowest BCUT2D eigenvalue weighted by Crippen LogP contribution is -1.98. The van der Waals surface area contributed by atoms with Gasteiger partial charge >= 0.3 is 0 Å². The van der Waals surface area contributed by atoms with Gasteiger partial charge in [-0.2, -0.15) is 0 Å². The average molecular weight is 320 g/mol. The molecule has 2 nitrogen and oxygen atoms in total. The van der Waals surface area contributed by atoms with Crippen molar-refractivity contribution in [2.45, 2.75) is 40.0 Å². The lowest BCUT2D eigenvalue weighted by molar-refractivity contribution is 0.629. The minimum Gasteiger partial charge on any atom is -0.296 e. The normalized spacial score (nSPS) is 11.8. The molecule has 0 bridgehead atoms. The number of aromatic nitrogens is 2. The fourth-order valence-corrected chi connectivity index (χ4v) is 3.63. The van der Waals surface area contributed by atoms with Gasteiger partial charge in [-0.05, 0) is 50.3 Å². The Bertz CT molecular complexity index is 1080. The monoisotopic (exact) mass is 320 g/mol. The molecule has 0 saturated heterocycles. The molecule has 24 heavy (non-hydrogen) atoms. The maximum Gasteiger partial charge on any atom is 0.145 e. The van der Waals surface area contributed by atoms with E-state index in [1.807, 2.05) is 6.07 Å². The first-order valence-electron chi connectivity index (χ1n) is 8.59. The summed E-state index contributed by atoms with van der Waals surface area (Å²) in [6.07, 6.45) is 3.20. The predicted molar refractivity (Wildman–Crippen MR) is 98.2 cm³/mol. The number of benzene rings is 2. The van der Waals surface area contributed by atoms with Crippen LogP contribution in [0.1, 0.15) is 36.7 Å². The van der Waals surface area contributed by atoms with Crippen LogP contribution >= 0.6 is 0 Å². The molecule has 0 amide bonds. The number of fused-ring (bicyclic) bond motifs is 6. The molecule has 0 atom stereocenters. The molecule has 0 radical (unpaired) electrons. The Kier molecular flexibility index (Phi) is 3.52. The highest BCUT2D eigenvalue weighted by atomic mass is 19.1. The Labute approximate surface area is 140 Å². The van der Waals surface area contributed by atoms with Crippen molar-refractivity contribution in [2.75, 3.05) is 0 Å². The van der Waals surface area contributed by atoms with E-state index in [4.69, 9.17) is 4.98 Å². The van der Waals surface area contributed by atoms with Crippen LogP contribution in [0.4, 0.5) is 4.39 Å². The van der Waals surface area contributed by atoms with Gasteiger partial charge in [-0.25, -0.2) is 9.37 Å². The Balaban J connectivity index is 2.24. The summed E-state index contributed by atoms with van der Waals surface area (Å²) in [5.41, 5.74) is 5.29. The van der Waals surface area contributed by atoms with Crippen molar-refractivity contribution in [3.05, 3.63) is 59.2 Å². The number of hydrogen-bond acceptors (Lipinski definition) is 1. The first-order valence-corrected chi connectivity index (χ1v) is 8.59. The number of aryl methyl sites for hydroxylation is 3. The number of halogens is 1. The van der Waals surface area contributed by atoms with Crippen LogP contribution in [-0.2, 0) is 6.42 Å². The maximum absolute atomic E-state index is 14.0. The Morgan fingerprint density at radius 3 is 2.58 bits per heavy atom. The second kappa shape index (κ2) is 5.59. The summed E-state index contributed by atoms with van der Waals surface area (Å²) in [7, 11) is 0. The number of unbranched alkanes of at least 4 members (excludes halogenated alkanes) is 1. The zero-order chi connectivity index (χ0) is 16.8. The molecular weight excluding hydrogens is 299 g/mol. The van der Waals surface area contributed by atoms with Crippen LogP contribution in [0.3, 0.4) is 0 Å². The molecule has 2 heterocycles. The largest absolute Gasteiger partial charge is 0.296 e. The van der Waals surface area contributed by atoms with E-state index in [-0.39, 0.29) is 5.82 Å². The molecule has 0 aliphatic carbocycles. The van der Waals surface area contributed by atoms with Crippen molar-refractivity contribution in [3.63, 3.8) is 0 Å². The van der Waals surface area contributed by atoms with Gasteiger partial charge in [0.2, 0.25) is 0 Å². The smallest absolute Gasteiger partial charge is 0.145 e. The third-order valence-electron chi connectivity index (χ3n) is 4.85. The van der Waals surface area contributed by atoms with Gasteiger partial charge in [0.1, 0.15) is 11.5 Å². The molecule has 0 aliphatic heterocycles. The van der Waals surface area contributed by atoms with Gasteiger partial charge < -0.3 is 0 Å². The van der Waals surface area contributed by atoms with Crippen molar-refractivity contribution < 1.29 is 4.39 Å². The number of hydrogen-bond donors (Lipinski definition) is 0. The zero-order valence-electron chi connectivity index (χ0n) is 14.4. The summed E-state index contributed by atoms with van der Waals surface area (Å²) in [6, 6.07) is 11.5. The van der Waals surface area contributed by atoms with Gasteiger partial charge in [0.25, 0.3) is 0 Å². The quantitative estimate of drug-likeness (QED) is 0.440. The van der Waals surface area contributed by atoms with Crippen molar-refractivity contribution in [2.24, 2.45) is 0 Å². The Hall–Kier alpha value is -2.42. The van der Waals surface area contributed by atoms with Gasteiger partial charge in [0.15, 0.2) is 0 Å². The first kappa shape index (κ1) is 15.1. The van der Waals surface area contributed by atoms with E-state index in [1.165, 1.54) is 11.3 Å². The van der Waals surface area contributed by atoms with E-state index in [0.29, 0.717) is 0 Å². The summed E-state index contributed by atoms with van der Waals surface area (Å²) in [5, 5.41) is 3.35. The van der Waals surface area contributed by atoms with E-state index in [9.17, 15) is 4.39 Å². The van der Waals surface area contributed by atoms with Gasteiger partial charge in [-0.1, -0.05) is 37.1 Å². The van der Waals surface area contributed by atoms with Crippen molar-refractivity contribution in [1.29, 1.82) is 0 Å². The number of nitrogens with zero attached hydrogens (tertiary/aromatic N) is 2. The lowest BCUT2D eigenvalue weighted by Gasteiger charge is -2.11. The molecule has 4 rings (SSSR count). The second-order valence-electron chi connectivity index (χ2n) is 6.62. The molecule has 2 aromatic heterocycles. The Morgan fingerprint density at radius 1 is 1.00 bits per heavy atom. The molecule has 0 aliphatic rings. The molecule has 0 fully saturated rings. The summed E-state index contributed by atoms with van der Waals surface area (Å²) in [6.45, 7) is 6.33. The van der Waals surface area contributed by atoms with Crippen LogP contribution in [0.25, 0.3) is 27.3 Å². The average Bonchev–Trinajstić information content (AvgIpc) is 2.89. The highest BCUT2D eigenvalue weighted by Crippen LogP contribution is 2.32. The van der Waals surface area contributed by atoms with Gasteiger partial charge in [-0.3, -0.25) is 4.40 Å². The van der Waals surface area contributed by atoms with E-state index >= 15 is 0 Å². The van der Waals surface area contributed by atoms with Crippen LogP contribution in [0.5, 0.6) is 0 Å². The molecule has 0 N–H and O–H groups in total. The van der Waals surface area contributed by atoms with Crippen molar-refractivity contribution in [1.82, 2.24) is 9.38 Å². The molecule has 0 spiro atoms. The minimum absolute atomic E-state index is 0.205. The maximum atomic E-state index is 14.0. The Morgan fingerprint density at radius 2 is 1.79 bits per heavy atom. The minimum atomic E-state index is -0.205. The summed E-state index contributed by atoms with van der Waals surface area (Å²) in [5.74, 6) is -0.205. The van der Waals surface area contributed by atoms with Gasteiger partial charge in [0, 0.05) is 16.5 Å². The van der Waals surface area contributed by atoms with Crippen molar-refractivity contribution >= 4 is 27.3 Å². The van der Waals surface area contributed by atoms with Crippen LogP contribution in [0.15, 0.2) is 36.4 Å². The third-order valence-corrected chi connectivity index (χ3v) is 4.85. The number of rotatable bonds is 3. The fourth-order valence-electron chi connectivity index (χ4n) is 3.63. The lowest BCUT2D eigenvalue weighted by atomic mass is 10.0. The summed E-state index contributed by atoms with van der Waals surface area (Å²) < 4.78 is 16.2. The molecule has 2 aromatic carbocycles. The topological polar surface area (TPSA) is 17.3 Å². The summed E-state index contributed by atoms with van der Waals surface area (Å²) in [4.78, 5) is 4.84. The molecule has 0 unspecified atom stereocenters. The van der Waals surface area contributed by atoms with Crippen LogP contribution in [0.2, 0.25) is 0 Å². The van der Waals surface area contributed by atoms with Crippen LogP contribution in [0, 0.1) is 19.7 Å². The second-order valence-corrected chi connectivity index (χ2v) is 6.62. The molecule has 0 saturated carbocycles. The highest BCUT2D eigenvalue weighted by molar-refractivity contribution is 6.12.